The zero-order valence-electron chi connectivity index (χ0n) is 9.44. The minimum atomic E-state index is -1.31. The molecule has 1 aromatic rings. The van der Waals surface area contributed by atoms with Gasteiger partial charge < -0.3 is 20.4 Å². The van der Waals surface area contributed by atoms with Gasteiger partial charge in [-0.3, -0.25) is 9.59 Å². The van der Waals surface area contributed by atoms with Gasteiger partial charge in [-0.25, -0.2) is 9.59 Å². The molecule has 8 nitrogen and oxygen atoms in total. The van der Waals surface area contributed by atoms with Crippen LogP contribution in [-0.2, 0) is 9.59 Å². The Morgan fingerprint density at radius 2 is 0.947 bits per heavy atom. The summed E-state index contributed by atoms with van der Waals surface area (Å²) < 4.78 is 0. The van der Waals surface area contributed by atoms with Crippen molar-refractivity contribution in [3.63, 3.8) is 0 Å². The monoisotopic (exact) mass is 270 g/mol. The molecule has 102 valence electrons. The molecule has 0 aliphatic heterocycles. The van der Waals surface area contributed by atoms with Crippen LogP contribution in [0.3, 0.4) is 0 Å². The Bertz CT molecular complexity index is 443. The first-order valence-corrected chi connectivity index (χ1v) is 4.74. The van der Waals surface area contributed by atoms with E-state index in [1.165, 1.54) is 24.3 Å². The number of benzene rings is 1. The summed E-state index contributed by atoms with van der Waals surface area (Å²) in [6.45, 7) is 0. The SMILES string of the molecule is O=C(O)CC(=O)O.O=C(O)c1ccc(C(=O)O)cc1. The van der Waals surface area contributed by atoms with E-state index in [9.17, 15) is 19.2 Å². The highest BCUT2D eigenvalue weighted by atomic mass is 16.4. The molecular formula is C11H10O8. The van der Waals surface area contributed by atoms with Crippen LogP contribution in [0, 0.1) is 0 Å². The van der Waals surface area contributed by atoms with E-state index < -0.39 is 30.3 Å². The van der Waals surface area contributed by atoms with E-state index in [1.54, 1.807) is 0 Å². The number of rotatable bonds is 4. The quantitative estimate of drug-likeness (QED) is 0.582. The van der Waals surface area contributed by atoms with Gasteiger partial charge in [0.15, 0.2) is 0 Å². The third kappa shape index (κ3) is 7.10. The Morgan fingerprint density at radius 1 is 0.684 bits per heavy atom. The second kappa shape index (κ2) is 7.43. The smallest absolute Gasteiger partial charge is 0.335 e. The van der Waals surface area contributed by atoms with Crippen LogP contribution in [0.15, 0.2) is 24.3 Å². The molecule has 0 amide bonds. The highest BCUT2D eigenvalue weighted by molar-refractivity contribution is 5.91. The fourth-order valence-corrected chi connectivity index (χ4v) is 0.885. The molecular weight excluding hydrogens is 260 g/mol. The molecule has 0 aliphatic rings. The normalized spacial score (nSPS) is 8.84. The standard InChI is InChI=1S/C8H6O4.C3H4O4/c9-7(10)5-1-2-6(4-3-5)8(11)12;4-2(5)1-3(6)7/h1-4H,(H,9,10)(H,11,12);1H2,(H,4,5)(H,6,7). The number of carboxylic acid groups (broad SMARTS) is 4. The fourth-order valence-electron chi connectivity index (χ4n) is 0.885. The van der Waals surface area contributed by atoms with E-state index in [0.29, 0.717) is 0 Å². The predicted octanol–water partition coefficient (Wildman–Crippen LogP) is 0.629. The second-order valence-electron chi connectivity index (χ2n) is 3.15. The van der Waals surface area contributed by atoms with Gasteiger partial charge in [0, 0.05) is 0 Å². The summed E-state index contributed by atoms with van der Waals surface area (Å²) in [6.07, 6.45) is -0.806. The number of carboxylic acids is 4. The molecule has 19 heavy (non-hydrogen) atoms. The molecule has 0 spiro atoms. The van der Waals surface area contributed by atoms with Crippen LogP contribution < -0.4 is 0 Å². The van der Waals surface area contributed by atoms with Crippen LogP contribution in [0.25, 0.3) is 0 Å². The number of hydrogen-bond acceptors (Lipinski definition) is 4. The maximum Gasteiger partial charge on any atom is 0.335 e. The molecule has 1 rings (SSSR count). The van der Waals surface area contributed by atoms with E-state index in [4.69, 9.17) is 20.4 Å². The summed E-state index contributed by atoms with van der Waals surface area (Å²) in [4.78, 5) is 39.5. The second-order valence-corrected chi connectivity index (χ2v) is 3.15. The molecule has 0 heterocycles. The molecule has 0 atom stereocenters. The number of carbonyl (C=O) groups is 4. The van der Waals surface area contributed by atoms with Crippen LogP contribution in [0.1, 0.15) is 27.1 Å². The van der Waals surface area contributed by atoms with Gasteiger partial charge in [0.05, 0.1) is 11.1 Å². The van der Waals surface area contributed by atoms with Crippen molar-refractivity contribution >= 4 is 23.9 Å². The average Bonchev–Trinajstić information content (AvgIpc) is 2.28. The Hall–Kier alpha value is -2.90. The van der Waals surface area contributed by atoms with Gasteiger partial charge in [-0.1, -0.05) is 0 Å². The van der Waals surface area contributed by atoms with E-state index in [2.05, 4.69) is 0 Å². The largest absolute Gasteiger partial charge is 0.481 e. The molecule has 0 aromatic heterocycles. The maximum absolute atomic E-state index is 10.3. The molecule has 4 N–H and O–H groups in total. The fraction of sp³-hybridized carbons (Fsp3) is 0.0909. The van der Waals surface area contributed by atoms with Crippen molar-refractivity contribution in [3.05, 3.63) is 35.4 Å². The van der Waals surface area contributed by atoms with Gasteiger partial charge in [-0.15, -0.1) is 0 Å². The molecule has 0 fully saturated rings. The number of aromatic carboxylic acids is 2. The Labute approximate surface area is 106 Å². The van der Waals surface area contributed by atoms with E-state index in [0.717, 1.165) is 0 Å². The van der Waals surface area contributed by atoms with Gasteiger partial charge in [0.2, 0.25) is 0 Å². The molecule has 1 aromatic carbocycles. The van der Waals surface area contributed by atoms with Gasteiger partial charge in [-0.05, 0) is 24.3 Å². The average molecular weight is 270 g/mol. The number of aliphatic carboxylic acids is 2. The summed E-state index contributed by atoms with van der Waals surface area (Å²) in [5.41, 5.74) is 0.167. The third-order valence-electron chi connectivity index (χ3n) is 1.68. The molecule has 0 radical (unpaired) electrons. The van der Waals surface area contributed by atoms with E-state index >= 15 is 0 Å². The predicted molar refractivity (Wildman–Crippen MR) is 60.2 cm³/mol. The van der Waals surface area contributed by atoms with Crippen LogP contribution in [0.5, 0.6) is 0 Å². The van der Waals surface area contributed by atoms with Crippen LogP contribution in [0.4, 0.5) is 0 Å². The van der Waals surface area contributed by atoms with Crippen LogP contribution in [-0.4, -0.2) is 44.3 Å². The molecule has 0 unspecified atom stereocenters. The third-order valence-corrected chi connectivity index (χ3v) is 1.68. The Balaban J connectivity index is 0.000000399. The molecule has 0 saturated carbocycles. The number of hydrogen-bond donors (Lipinski definition) is 4. The van der Waals surface area contributed by atoms with E-state index in [1.807, 2.05) is 0 Å². The van der Waals surface area contributed by atoms with Crippen molar-refractivity contribution in [1.29, 1.82) is 0 Å². The topological polar surface area (TPSA) is 149 Å². The van der Waals surface area contributed by atoms with Crippen molar-refractivity contribution in [2.75, 3.05) is 0 Å². The summed E-state index contributed by atoms with van der Waals surface area (Å²) >= 11 is 0. The first kappa shape index (κ1) is 16.1. The van der Waals surface area contributed by atoms with Gasteiger partial charge in [-0.2, -0.15) is 0 Å². The first-order chi connectivity index (χ1) is 8.73. The summed E-state index contributed by atoms with van der Waals surface area (Å²) in [5, 5.41) is 32.3. The van der Waals surface area contributed by atoms with Gasteiger partial charge >= 0.3 is 23.9 Å². The van der Waals surface area contributed by atoms with Crippen molar-refractivity contribution in [1.82, 2.24) is 0 Å². The lowest BCUT2D eigenvalue weighted by Crippen LogP contribution is -2.03. The molecule has 8 heteroatoms. The van der Waals surface area contributed by atoms with E-state index in [-0.39, 0.29) is 11.1 Å². The lowest BCUT2D eigenvalue weighted by atomic mass is 10.1. The minimum Gasteiger partial charge on any atom is -0.481 e. The van der Waals surface area contributed by atoms with Crippen molar-refractivity contribution in [3.8, 4) is 0 Å². The Kier molecular flexibility index (Phi) is 6.30. The highest BCUT2D eigenvalue weighted by Gasteiger charge is 2.04. The minimum absolute atomic E-state index is 0.0833. The zero-order chi connectivity index (χ0) is 15.0. The summed E-state index contributed by atoms with van der Waals surface area (Å²) in [5.74, 6) is -4.75. The molecule has 0 aliphatic carbocycles. The molecule has 0 bridgehead atoms. The Morgan fingerprint density at radius 3 is 1.05 bits per heavy atom. The lowest BCUT2D eigenvalue weighted by Gasteiger charge is -1.94. The zero-order valence-corrected chi connectivity index (χ0v) is 9.44. The van der Waals surface area contributed by atoms with Crippen molar-refractivity contribution in [2.24, 2.45) is 0 Å². The maximum atomic E-state index is 10.3. The van der Waals surface area contributed by atoms with Gasteiger partial charge in [0.1, 0.15) is 6.42 Å². The molecule has 0 saturated heterocycles. The van der Waals surface area contributed by atoms with Crippen LogP contribution in [0.2, 0.25) is 0 Å². The van der Waals surface area contributed by atoms with Gasteiger partial charge in [0.25, 0.3) is 0 Å². The van der Waals surface area contributed by atoms with Crippen LogP contribution >= 0.6 is 0 Å². The lowest BCUT2D eigenvalue weighted by molar-refractivity contribution is -0.147. The van der Waals surface area contributed by atoms with Crippen molar-refractivity contribution in [2.45, 2.75) is 6.42 Å². The first-order valence-electron chi connectivity index (χ1n) is 4.74. The summed E-state index contributed by atoms with van der Waals surface area (Å²) in [6, 6.07) is 5.02. The van der Waals surface area contributed by atoms with Crippen molar-refractivity contribution < 1.29 is 39.6 Å². The summed E-state index contributed by atoms with van der Waals surface area (Å²) in [7, 11) is 0. The highest BCUT2D eigenvalue weighted by Crippen LogP contribution is 2.03.